The Morgan fingerprint density at radius 2 is 1.93 bits per heavy atom. The predicted molar refractivity (Wildman–Crippen MR) is 115 cm³/mol. The van der Waals surface area contributed by atoms with E-state index in [1.807, 2.05) is 42.5 Å². The van der Waals surface area contributed by atoms with Gasteiger partial charge in [-0.25, -0.2) is 12.7 Å². The van der Waals surface area contributed by atoms with Crippen molar-refractivity contribution in [3.05, 3.63) is 65.4 Å². The Bertz CT molecular complexity index is 1210. The molecule has 4 aromatic rings. The fourth-order valence-electron chi connectivity index (χ4n) is 3.07. The molecule has 0 fully saturated rings. The van der Waals surface area contributed by atoms with Crippen LogP contribution in [0.15, 0.2) is 68.6 Å². The first-order valence-electron chi connectivity index (χ1n) is 9.44. The lowest BCUT2D eigenvalue weighted by atomic mass is 10.2. The molecule has 1 aromatic carbocycles. The fourth-order valence-corrected chi connectivity index (χ4v) is 5.76. The average Bonchev–Trinajstić information content (AvgIpc) is 3.49. The van der Waals surface area contributed by atoms with Crippen molar-refractivity contribution in [2.24, 2.45) is 0 Å². The van der Waals surface area contributed by atoms with Crippen molar-refractivity contribution in [2.45, 2.75) is 24.7 Å². The lowest BCUT2D eigenvalue weighted by molar-refractivity contribution is 0.433. The summed E-state index contributed by atoms with van der Waals surface area (Å²) in [6.07, 6.45) is 2.97. The van der Waals surface area contributed by atoms with Crippen molar-refractivity contribution in [3.63, 3.8) is 0 Å². The van der Waals surface area contributed by atoms with Crippen LogP contribution in [0, 0.1) is 6.92 Å². The number of hydrogen-bond acceptors (Lipinski definition) is 7. The summed E-state index contributed by atoms with van der Waals surface area (Å²) in [5, 5.41) is 4.02. The van der Waals surface area contributed by atoms with E-state index < -0.39 is 10.0 Å². The molecule has 3 heterocycles. The first-order valence-corrected chi connectivity index (χ1v) is 11.7. The van der Waals surface area contributed by atoms with Crippen molar-refractivity contribution in [1.29, 1.82) is 0 Å². The van der Waals surface area contributed by atoms with E-state index >= 15 is 0 Å². The summed E-state index contributed by atoms with van der Waals surface area (Å²) in [5.74, 6) is 1.63. The van der Waals surface area contributed by atoms with Crippen LogP contribution in [0.25, 0.3) is 22.2 Å². The zero-order valence-corrected chi connectivity index (χ0v) is 18.2. The van der Waals surface area contributed by atoms with Gasteiger partial charge in [0.1, 0.15) is 5.76 Å². The summed E-state index contributed by atoms with van der Waals surface area (Å²) in [6.45, 7) is 2.18. The second-order valence-corrected chi connectivity index (χ2v) is 10.1. The molecule has 0 bridgehead atoms. The van der Waals surface area contributed by atoms with E-state index in [1.165, 1.54) is 15.6 Å². The smallest absolute Gasteiger partial charge is 0.268 e. The first-order chi connectivity index (χ1) is 14.4. The minimum absolute atomic E-state index is 0.266. The van der Waals surface area contributed by atoms with Crippen LogP contribution in [-0.4, -0.2) is 36.5 Å². The zero-order valence-electron chi connectivity index (χ0n) is 16.6. The van der Waals surface area contributed by atoms with Crippen LogP contribution in [0.5, 0.6) is 0 Å². The minimum atomic E-state index is -3.62. The lowest BCUT2D eigenvalue weighted by Gasteiger charge is -2.16. The van der Waals surface area contributed by atoms with Crippen molar-refractivity contribution in [3.8, 4) is 22.2 Å². The molecular weight excluding hydrogens is 422 g/mol. The monoisotopic (exact) mass is 443 g/mol. The van der Waals surface area contributed by atoms with Crippen molar-refractivity contribution >= 4 is 21.4 Å². The van der Waals surface area contributed by atoms with E-state index in [0.29, 0.717) is 40.9 Å². The highest BCUT2D eigenvalue weighted by atomic mass is 32.2. The second-order valence-electron chi connectivity index (χ2n) is 6.83. The van der Waals surface area contributed by atoms with Crippen molar-refractivity contribution in [2.75, 3.05) is 13.6 Å². The molecule has 0 aliphatic heterocycles. The summed E-state index contributed by atoms with van der Waals surface area (Å²) in [5.41, 5.74) is 0.838. The summed E-state index contributed by atoms with van der Waals surface area (Å²) >= 11 is 1.33. The van der Waals surface area contributed by atoms with E-state index in [0.717, 1.165) is 11.3 Å². The van der Waals surface area contributed by atoms with Crippen LogP contribution in [0.2, 0.25) is 0 Å². The largest absolute Gasteiger partial charge is 0.469 e. The number of sulfonamides is 1. The van der Waals surface area contributed by atoms with Gasteiger partial charge in [0.15, 0.2) is 0 Å². The molecule has 4 rings (SSSR count). The number of thiophene rings is 1. The lowest BCUT2D eigenvalue weighted by Crippen LogP contribution is -2.28. The number of rotatable bonds is 8. The molecule has 156 valence electrons. The number of furan rings is 1. The van der Waals surface area contributed by atoms with Gasteiger partial charge in [0.05, 0.1) is 16.0 Å². The van der Waals surface area contributed by atoms with Gasteiger partial charge in [-0.05, 0) is 31.5 Å². The van der Waals surface area contributed by atoms with E-state index in [2.05, 4.69) is 10.1 Å². The molecule has 0 radical (unpaired) electrons. The van der Waals surface area contributed by atoms with Crippen LogP contribution in [-0.2, 0) is 16.4 Å². The standard InChI is InChI=1S/C21H21N3O4S2/c1-15-19(30(25,26)24(2)12-6-10-17-11-7-13-27-17)14-18(29-15)21-22-20(23-28-21)16-8-4-3-5-9-16/h3-5,7-9,11,13-14H,6,10,12H2,1-2H3. The molecule has 30 heavy (non-hydrogen) atoms. The quantitative estimate of drug-likeness (QED) is 0.395. The SMILES string of the molecule is Cc1sc(-c2nc(-c3ccccc3)no2)cc1S(=O)(=O)N(C)CCCc1ccco1. The van der Waals surface area contributed by atoms with Crippen LogP contribution >= 0.6 is 11.3 Å². The molecule has 0 atom stereocenters. The van der Waals surface area contributed by atoms with Crippen molar-refractivity contribution in [1.82, 2.24) is 14.4 Å². The van der Waals surface area contributed by atoms with Gasteiger partial charge in [0.2, 0.25) is 15.8 Å². The van der Waals surface area contributed by atoms with Gasteiger partial charge in [0.25, 0.3) is 5.89 Å². The highest BCUT2D eigenvalue weighted by molar-refractivity contribution is 7.89. The molecule has 3 aromatic heterocycles. The summed E-state index contributed by atoms with van der Waals surface area (Å²) in [4.78, 5) is 6.00. The van der Waals surface area contributed by atoms with Gasteiger partial charge >= 0.3 is 0 Å². The molecule has 0 spiro atoms. The molecule has 9 heteroatoms. The second kappa shape index (κ2) is 8.55. The fraction of sp³-hybridized carbons (Fsp3) is 0.238. The molecule has 0 N–H and O–H groups in total. The predicted octanol–water partition coefficient (Wildman–Crippen LogP) is 4.62. The van der Waals surface area contributed by atoms with Gasteiger partial charge in [-0.3, -0.25) is 0 Å². The third kappa shape index (κ3) is 4.23. The van der Waals surface area contributed by atoms with E-state index in [9.17, 15) is 8.42 Å². The highest BCUT2D eigenvalue weighted by Gasteiger charge is 2.26. The number of aromatic nitrogens is 2. The van der Waals surface area contributed by atoms with Gasteiger partial charge in [-0.15, -0.1) is 11.3 Å². The Balaban J connectivity index is 1.50. The number of hydrogen-bond donors (Lipinski definition) is 0. The average molecular weight is 444 g/mol. The normalized spacial score (nSPS) is 12.0. The van der Waals surface area contributed by atoms with Gasteiger partial charge in [-0.1, -0.05) is 35.5 Å². The Kier molecular flexibility index (Phi) is 5.85. The third-order valence-electron chi connectivity index (χ3n) is 4.71. The molecule has 0 saturated carbocycles. The van der Waals surface area contributed by atoms with Crippen LogP contribution in [0.4, 0.5) is 0 Å². The molecule has 0 amide bonds. The Hall–Kier alpha value is -2.75. The highest BCUT2D eigenvalue weighted by Crippen LogP contribution is 2.34. The topological polar surface area (TPSA) is 89.4 Å². The summed E-state index contributed by atoms with van der Waals surface area (Å²) < 4.78 is 38.2. The molecule has 0 aliphatic rings. The van der Waals surface area contributed by atoms with E-state index in [4.69, 9.17) is 8.94 Å². The number of benzene rings is 1. The molecule has 7 nitrogen and oxygen atoms in total. The molecular formula is C21H21N3O4S2. The maximum absolute atomic E-state index is 13.1. The van der Waals surface area contributed by atoms with Crippen LogP contribution in [0.3, 0.4) is 0 Å². The van der Waals surface area contributed by atoms with Gasteiger partial charge < -0.3 is 8.94 Å². The molecule has 0 aliphatic carbocycles. The van der Waals surface area contributed by atoms with Crippen LogP contribution < -0.4 is 0 Å². The maximum Gasteiger partial charge on any atom is 0.268 e. The van der Waals surface area contributed by atoms with E-state index in [-0.39, 0.29) is 4.90 Å². The zero-order chi connectivity index (χ0) is 21.1. The Morgan fingerprint density at radius 3 is 2.67 bits per heavy atom. The third-order valence-corrected chi connectivity index (χ3v) is 7.86. The minimum Gasteiger partial charge on any atom is -0.469 e. The van der Waals surface area contributed by atoms with Gasteiger partial charge in [0, 0.05) is 30.5 Å². The Labute approximate surface area is 179 Å². The Morgan fingerprint density at radius 1 is 1.13 bits per heavy atom. The first kappa shape index (κ1) is 20.5. The number of nitrogens with zero attached hydrogens (tertiary/aromatic N) is 3. The summed E-state index contributed by atoms with van der Waals surface area (Å²) in [7, 11) is -2.03. The number of aryl methyl sites for hydroxylation is 2. The van der Waals surface area contributed by atoms with Crippen LogP contribution in [0.1, 0.15) is 17.1 Å². The molecule has 0 saturated heterocycles. The van der Waals surface area contributed by atoms with Gasteiger partial charge in [-0.2, -0.15) is 4.98 Å². The van der Waals surface area contributed by atoms with Crippen molar-refractivity contribution < 1.29 is 17.4 Å². The maximum atomic E-state index is 13.1. The van der Waals surface area contributed by atoms with E-state index in [1.54, 1.807) is 26.3 Å². The molecule has 0 unspecified atom stereocenters. The summed E-state index contributed by atoms with van der Waals surface area (Å²) in [6, 6.07) is 14.8.